The van der Waals surface area contributed by atoms with E-state index in [2.05, 4.69) is 25.7 Å². The quantitative estimate of drug-likeness (QED) is 0.787. The summed E-state index contributed by atoms with van der Waals surface area (Å²) in [4.78, 5) is 29.6. The molecule has 1 aromatic carbocycles. The molecule has 26 heavy (non-hydrogen) atoms. The highest BCUT2D eigenvalue weighted by molar-refractivity contribution is 8.00. The number of piperidine rings is 1. The maximum absolute atomic E-state index is 13.1. The van der Waals surface area contributed by atoms with Crippen LogP contribution in [0.3, 0.4) is 0 Å². The Morgan fingerprint density at radius 3 is 2.46 bits per heavy atom. The molecule has 2 heterocycles. The van der Waals surface area contributed by atoms with Gasteiger partial charge in [0.2, 0.25) is 5.91 Å². The van der Waals surface area contributed by atoms with Gasteiger partial charge in [0.1, 0.15) is 0 Å². The van der Waals surface area contributed by atoms with Crippen molar-refractivity contribution in [2.45, 2.75) is 51.8 Å². The Hall–Kier alpha value is -1.49. The van der Waals surface area contributed by atoms with E-state index in [1.165, 1.54) is 0 Å². The minimum atomic E-state index is -0.140. The van der Waals surface area contributed by atoms with Crippen LogP contribution in [-0.4, -0.2) is 51.9 Å². The van der Waals surface area contributed by atoms with Gasteiger partial charge in [-0.3, -0.25) is 9.59 Å². The number of carbonyl (C=O) groups excluding carboxylic acids is 2. The second kappa shape index (κ2) is 7.26. The molecule has 2 amide bonds. The van der Waals surface area contributed by atoms with Crippen molar-refractivity contribution >= 4 is 23.6 Å². The Morgan fingerprint density at radius 2 is 1.85 bits per heavy atom. The molecule has 0 aromatic heterocycles. The number of aryl methyl sites for hydroxylation is 1. The number of hydrogen-bond acceptors (Lipinski definition) is 3. The average molecular weight is 375 g/mol. The van der Waals surface area contributed by atoms with E-state index in [0.717, 1.165) is 49.4 Å². The molecule has 2 aliphatic heterocycles. The van der Waals surface area contributed by atoms with Gasteiger partial charge in [-0.1, -0.05) is 38.5 Å². The van der Waals surface area contributed by atoms with Gasteiger partial charge in [0.05, 0.1) is 4.87 Å². The van der Waals surface area contributed by atoms with Crippen molar-refractivity contribution in [1.82, 2.24) is 9.80 Å². The van der Waals surface area contributed by atoms with Gasteiger partial charge in [-0.25, -0.2) is 0 Å². The molecule has 0 bridgehead atoms. The van der Waals surface area contributed by atoms with Gasteiger partial charge in [-0.2, -0.15) is 0 Å². The number of benzene rings is 1. The van der Waals surface area contributed by atoms with Crippen molar-refractivity contribution in [2.75, 3.05) is 25.4 Å². The summed E-state index contributed by atoms with van der Waals surface area (Å²) in [5.41, 5.74) is 1.90. The fourth-order valence-corrected chi connectivity index (χ4v) is 5.37. The van der Waals surface area contributed by atoms with E-state index in [1.807, 2.05) is 47.9 Å². The third-order valence-corrected chi connectivity index (χ3v) is 6.82. The van der Waals surface area contributed by atoms with Gasteiger partial charge in [-0.15, -0.1) is 11.8 Å². The zero-order valence-electron chi connectivity index (χ0n) is 16.4. The topological polar surface area (TPSA) is 40.6 Å². The van der Waals surface area contributed by atoms with Gasteiger partial charge in [0, 0.05) is 37.4 Å². The second-order valence-corrected chi connectivity index (χ2v) is 10.2. The van der Waals surface area contributed by atoms with Crippen molar-refractivity contribution in [3.63, 3.8) is 0 Å². The lowest BCUT2D eigenvalue weighted by molar-refractivity contribution is -0.134. The number of rotatable bonds is 2. The van der Waals surface area contributed by atoms with Crippen LogP contribution in [0.25, 0.3) is 0 Å². The highest BCUT2D eigenvalue weighted by Gasteiger charge is 2.47. The van der Waals surface area contributed by atoms with Crippen LogP contribution >= 0.6 is 11.8 Å². The fourth-order valence-electron chi connectivity index (χ4n) is 3.91. The Bertz CT molecular complexity index is 687. The molecule has 0 radical (unpaired) electrons. The molecule has 0 aliphatic carbocycles. The third-order valence-electron chi connectivity index (χ3n) is 5.27. The molecule has 2 saturated heterocycles. The molecule has 142 valence electrons. The normalized spacial score (nSPS) is 19.8. The van der Waals surface area contributed by atoms with Crippen molar-refractivity contribution in [3.05, 3.63) is 35.4 Å². The van der Waals surface area contributed by atoms with Gasteiger partial charge in [0.25, 0.3) is 5.91 Å². The Balaban J connectivity index is 1.69. The summed E-state index contributed by atoms with van der Waals surface area (Å²) in [5.74, 6) is 1.35. The van der Waals surface area contributed by atoms with Crippen molar-refractivity contribution in [3.8, 4) is 0 Å². The van der Waals surface area contributed by atoms with Crippen LogP contribution in [-0.2, 0) is 4.79 Å². The highest BCUT2D eigenvalue weighted by atomic mass is 32.2. The smallest absolute Gasteiger partial charge is 0.255 e. The van der Waals surface area contributed by atoms with Gasteiger partial charge >= 0.3 is 0 Å². The van der Waals surface area contributed by atoms with Gasteiger partial charge in [0.15, 0.2) is 0 Å². The van der Waals surface area contributed by atoms with Crippen LogP contribution in [0.5, 0.6) is 0 Å². The lowest BCUT2D eigenvalue weighted by Gasteiger charge is -2.44. The Morgan fingerprint density at radius 1 is 1.15 bits per heavy atom. The number of thioether (sulfide) groups is 1. The van der Waals surface area contributed by atoms with Crippen LogP contribution < -0.4 is 0 Å². The molecule has 3 rings (SSSR count). The first-order valence-corrected chi connectivity index (χ1v) is 10.5. The fraction of sp³-hybridized carbons (Fsp3) is 0.619. The summed E-state index contributed by atoms with van der Waals surface area (Å²) in [7, 11) is 0. The van der Waals surface area contributed by atoms with E-state index < -0.39 is 0 Å². The Kier molecular flexibility index (Phi) is 5.38. The molecule has 0 N–H and O–H groups in total. The number of carbonyl (C=O) groups is 2. The monoisotopic (exact) mass is 374 g/mol. The number of hydrogen-bond donors (Lipinski definition) is 0. The Labute approximate surface area is 161 Å². The van der Waals surface area contributed by atoms with Gasteiger partial charge in [-0.05, 0) is 37.3 Å². The van der Waals surface area contributed by atoms with Crippen molar-refractivity contribution in [1.29, 1.82) is 0 Å². The summed E-state index contributed by atoms with van der Waals surface area (Å²) in [6.07, 6.45) is 2.31. The van der Waals surface area contributed by atoms with E-state index in [1.54, 1.807) is 0 Å². The van der Waals surface area contributed by atoms with Crippen LogP contribution in [0, 0.1) is 12.3 Å². The highest BCUT2D eigenvalue weighted by Crippen LogP contribution is 2.44. The van der Waals surface area contributed by atoms with E-state index in [9.17, 15) is 9.59 Å². The molecular weight excluding hydrogens is 344 g/mol. The first-order valence-electron chi connectivity index (χ1n) is 9.51. The maximum Gasteiger partial charge on any atom is 0.255 e. The number of amides is 2. The van der Waals surface area contributed by atoms with Crippen LogP contribution in [0.4, 0.5) is 0 Å². The van der Waals surface area contributed by atoms with Crippen LogP contribution in [0.2, 0.25) is 0 Å². The molecule has 5 heteroatoms. The average Bonchev–Trinajstić information content (AvgIpc) is 2.96. The predicted molar refractivity (Wildman–Crippen MR) is 107 cm³/mol. The standard InChI is InChI=1S/C21H30N2O2S/c1-16-6-5-7-17(14-16)19(25)23-12-13-26-21(23)8-10-22(11-9-21)18(24)15-20(2,3)4/h5-7,14H,8-13,15H2,1-4H3. The maximum atomic E-state index is 13.1. The summed E-state index contributed by atoms with van der Waals surface area (Å²) in [6.45, 7) is 10.6. The molecule has 2 aliphatic rings. The molecule has 1 spiro atoms. The summed E-state index contributed by atoms with van der Waals surface area (Å²) < 4.78 is 0. The van der Waals surface area contributed by atoms with Crippen molar-refractivity contribution < 1.29 is 9.59 Å². The minimum absolute atomic E-state index is 0.0154. The largest absolute Gasteiger partial charge is 0.342 e. The minimum Gasteiger partial charge on any atom is -0.342 e. The molecule has 1 aromatic rings. The second-order valence-electron chi connectivity index (χ2n) is 8.74. The first kappa shape index (κ1) is 19.3. The van der Waals surface area contributed by atoms with E-state index in [4.69, 9.17) is 0 Å². The van der Waals surface area contributed by atoms with E-state index in [0.29, 0.717) is 6.42 Å². The lowest BCUT2D eigenvalue weighted by Crippen LogP contribution is -2.53. The lowest BCUT2D eigenvalue weighted by atomic mass is 9.91. The number of nitrogens with zero attached hydrogens (tertiary/aromatic N) is 2. The molecule has 4 nitrogen and oxygen atoms in total. The van der Waals surface area contributed by atoms with Crippen molar-refractivity contribution in [2.24, 2.45) is 5.41 Å². The third kappa shape index (κ3) is 4.08. The molecule has 0 atom stereocenters. The molecule has 2 fully saturated rings. The summed E-state index contributed by atoms with van der Waals surface area (Å²) in [5, 5.41) is 0. The predicted octanol–water partition coefficient (Wildman–Crippen LogP) is 3.94. The van der Waals surface area contributed by atoms with Crippen LogP contribution in [0.1, 0.15) is 56.0 Å². The van der Waals surface area contributed by atoms with E-state index >= 15 is 0 Å². The number of likely N-dealkylation sites (tertiary alicyclic amines) is 1. The van der Waals surface area contributed by atoms with Crippen LogP contribution in [0.15, 0.2) is 24.3 Å². The SMILES string of the molecule is Cc1cccc(C(=O)N2CCSC23CCN(C(=O)CC(C)(C)C)CC3)c1. The molecule has 0 unspecified atom stereocenters. The zero-order valence-corrected chi connectivity index (χ0v) is 17.2. The molecule has 0 saturated carbocycles. The van der Waals surface area contributed by atoms with E-state index in [-0.39, 0.29) is 22.1 Å². The summed E-state index contributed by atoms with van der Waals surface area (Å²) >= 11 is 1.89. The first-order chi connectivity index (χ1) is 12.2. The summed E-state index contributed by atoms with van der Waals surface area (Å²) in [6, 6.07) is 7.85. The van der Waals surface area contributed by atoms with Gasteiger partial charge < -0.3 is 9.80 Å². The molecular formula is C21H30N2O2S. The zero-order chi connectivity index (χ0) is 18.9.